The number of hydrogen-bond donors (Lipinski definition) is 3. The molecule has 7 nitrogen and oxygen atoms in total. The van der Waals surface area contributed by atoms with Crippen molar-refractivity contribution in [1.82, 2.24) is 9.97 Å². The van der Waals surface area contributed by atoms with Gasteiger partial charge in [0.15, 0.2) is 0 Å². The van der Waals surface area contributed by atoms with Crippen molar-refractivity contribution in [2.24, 2.45) is 0 Å². The molecule has 2 aromatic carbocycles. The van der Waals surface area contributed by atoms with Crippen molar-refractivity contribution >= 4 is 23.1 Å². The predicted molar refractivity (Wildman–Crippen MR) is 101 cm³/mol. The van der Waals surface area contributed by atoms with E-state index in [1.54, 1.807) is 30.7 Å². The number of aromatic nitrogens is 2. The summed E-state index contributed by atoms with van der Waals surface area (Å²) < 4.78 is 5.50. The number of nitrogens with one attached hydrogen (secondary N) is 1. The van der Waals surface area contributed by atoms with Gasteiger partial charge >= 0.3 is 0 Å². The molecular formula is C19H17N5O2. The molecule has 2 heterocycles. The lowest BCUT2D eigenvalue weighted by Gasteiger charge is -2.22. The number of nitrogens with zero attached hydrogens (tertiary/aromatic N) is 3. The number of phenolic OH excluding ortho intramolecular Hbond substituents is 1. The van der Waals surface area contributed by atoms with Crippen LogP contribution in [0.5, 0.6) is 11.5 Å². The van der Waals surface area contributed by atoms with Gasteiger partial charge in [-0.1, -0.05) is 12.1 Å². The van der Waals surface area contributed by atoms with E-state index in [-0.39, 0.29) is 11.7 Å². The first-order chi connectivity index (χ1) is 12.6. The van der Waals surface area contributed by atoms with Crippen LogP contribution in [-0.4, -0.2) is 22.1 Å². The molecule has 26 heavy (non-hydrogen) atoms. The Morgan fingerprint density at radius 2 is 2.08 bits per heavy atom. The summed E-state index contributed by atoms with van der Waals surface area (Å²) >= 11 is 0. The fraction of sp³-hybridized carbons (Fsp3) is 0.0526. The van der Waals surface area contributed by atoms with Crippen molar-refractivity contribution in [2.45, 2.75) is 0 Å². The quantitative estimate of drug-likeness (QED) is 0.667. The maximum absolute atomic E-state index is 9.76. The number of anilines is 4. The molecule has 0 unspecified atom stereocenters. The number of nitrogen functional groups attached to an aromatic ring is 1. The molecule has 0 aliphatic carbocycles. The lowest BCUT2D eigenvalue weighted by atomic mass is 10.1. The van der Waals surface area contributed by atoms with Crippen LogP contribution >= 0.6 is 0 Å². The molecule has 0 atom stereocenters. The third-order valence-electron chi connectivity index (χ3n) is 4.05. The highest BCUT2D eigenvalue weighted by Crippen LogP contribution is 2.36. The van der Waals surface area contributed by atoms with Crippen molar-refractivity contribution in [3.63, 3.8) is 0 Å². The van der Waals surface area contributed by atoms with Gasteiger partial charge in [0.2, 0.25) is 5.95 Å². The average Bonchev–Trinajstić information content (AvgIpc) is 2.63. The largest absolute Gasteiger partial charge is 0.508 e. The maximum Gasteiger partial charge on any atom is 0.221 e. The van der Waals surface area contributed by atoms with Crippen LogP contribution in [0.1, 0.15) is 0 Å². The molecular weight excluding hydrogens is 330 g/mol. The molecule has 1 aromatic heterocycles. The van der Waals surface area contributed by atoms with E-state index in [2.05, 4.69) is 15.3 Å². The van der Waals surface area contributed by atoms with Crippen molar-refractivity contribution in [3.8, 4) is 22.6 Å². The lowest BCUT2D eigenvalue weighted by molar-refractivity contribution is 0.471. The Hall–Kier alpha value is -3.74. The van der Waals surface area contributed by atoms with E-state index in [0.29, 0.717) is 5.82 Å². The summed E-state index contributed by atoms with van der Waals surface area (Å²) in [4.78, 5) is 10.4. The van der Waals surface area contributed by atoms with E-state index in [1.807, 2.05) is 42.4 Å². The topological polar surface area (TPSA) is 96.5 Å². The molecule has 0 bridgehead atoms. The molecule has 130 valence electrons. The summed E-state index contributed by atoms with van der Waals surface area (Å²) in [6, 6.07) is 12.7. The Morgan fingerprint density at radius 3 is 2.92 bits per heavy atom. The van der Waals surface area contributed by atoms with Crippen LogP contribution in [0.4, 0.5) is 23.1 Å². The van der Waals surface area contributed by atoms with Gasteiger partial charge in [-0.3, -0.25) is 0 Å². The minimum atomic E-state index is 0.165. The van der Waals surface area contributed by atoms with Crippen LogP contribution in [0.15, 0.2) is 61.1 Å². The summed E-state index contributed by atoms with van der Waals surface area (Å²) in [5.41, 5.74) is 9.05. The van der Waals surface area contributed by atoms with Crippen LogP contribution in [-0.2, 0) is 0 Å². The number of phenols is 1. The molecule has 0 fully saturated rings. The standard InChI is InChI=1S/C19H17N5O2/c1-24-7-8-26-17-6-5-13(10-16(17)24)22-18-15(11-21-19(20)23-18)12-3-2-4-14(25)9-12/h2-11,25H,1H3,(H3,20,21,22,23). The van der Waals surface area contributed by atoms with Crippen LogP contribution in [0, 0.1) is 0 Å². The summed E-state index contributed by atoms with van der Waals surface area (Å²) in [6.07, 6.45) is 5.11. The van der Waals surface area contributed by atoms with Gasteiger partial charge in [-0.15, -0.1) is 0 Å². The molecule has 1 aliphatic rings. The summed E-state index contributed by atoms with van der Waals surface area (Å²) in [6.45, 7) is 0. The second-order valence-electron chi connectivity index (χ2n) is 5.86. The first-order valence-corrected chi connectivity index (χ1v) is 7.99. The average molecular weight is 347 g/mol. The van der Waals surface area contributed by atoms with Gasteiger partial charge in [-0.2, -0.15) is 4.98 Å². The highest BCUT2D eigenvalue weighted by molar-refractivity contribution is 5.80. The Morgan fingerprint density at radius 1 is 1.19 bits per heavy atom. The number of benzene rings is 2. The van der Waals surface area contributed by atoms with Crippen LogP contribution in [0.3, 0.4) is 0 Å². The van der Waals surface area contributed by atoms with Gasteiger partial charge in [0.1, 0.15) is 23.6 Å². The third-order valence-corrected chi connectivity index (χ3v) is 4.05. The van der Waals surface area contributed by atoms with E-state index in [1.165, 1.54) is 0 Å². The number of fused-ring (bicyclic) bond motifs is 1. The summed E-state index contributed by atoms with van der Waals surface area (Å²) in [5.74, 6) is 1.66. The zero-order chi connectivity index (χ0) is 18.1. The minimum Gasteiger partial charge on any atom is -0.508 e. The molecule has 0 spiro atoms. The number of ether oxygens (including phenoxy) is 1. The monoisotopic (exact) mass is 347 g/mol. The fourth-order valence-corrected chi connectivity index (χ4v) is 2.76. The number of rotatable bonds is 3. The van der Waals surface area contributed by atoms with E-state index >= 15 is 0 Å². The van der Waals surface area contributed by atoms with Gasteiger partial charge in [0.25, 0.3) is 0 Å². The Labute approximate surface area is 150 Å². The summed E-state index contributed by atoms with van der Waals surface area (Å²) in [7, 11) is 1.95. The molecule has 4 rings (SSSR count). The molecule has 0 amide bonds. The Balaban J connectivity index is 1.73. The molecule has 0 saturated heterocycles. The smallest absolute Gasteiger partial charge is 0.221 e. The van der Waals surface area contributed by atoms with Crippen molar-refractivity contribution in [2.75, 3.05) is 23.0 Å². The van der Waals surface area contributed by atoms with Crippen molar-refractivity contribution in [3.05, 3.63) is 61.1 Å². The fourth-order valence-electron chi connectivity index (χ4n) is 2.76. The molecule has 4 N–H and O–H groups in total. The second kappa shape index (κ2) is 6.29. The first-order valence-electron chi connectivity index (χ1n) is 7.99. The number of nitrogens with two attached hydrogens (primary N) is 1. The minimum absolute atomic E-state index is 0.165. The summed E-state index contributed by atoms with van der Waals surface area (Å²) in [5, 5.41) is 13.0. The van der Waals surface area contributed by atoms with E-state index in [9.17, 15) is 5.11 Å². The van der Waals surface area contributed by atoms with Gasteiger partial charge in [0.05, 0.1) is 5.69 Å². The van der Waals surface area contributed by atoms with E-state index in [4.69, 9.17) is 10.5 Å². The number of aromatic hydroxyl groups is 1. The lowest BCUT2D eigenvalue weighted by Crippen LogP contribution is -2.13. The van der Waals surface area contributed by atoms with Crippen molar-refractivity contribution in [1.29, 1.82) is 0 Å². The van der Waals surface area contributed by atoms with Crippen LogP contribution < -0.4 is 20.7 Å². The highest BCUT2D eigenvalue weighted by atomic mass is 16.5. The number of hydrogen-bond acceptors (Lipinski definition) is 7. The molecule has 0 saturated carbocycles. The van der Waals surface area contributed by atoms with Gasteiger partial charge in [0, 0.05) is 30.7 Å². The molecule has 0 radical (unpaired) electrons. The first kappa shape index (κ1) is 15.8. The predicted octanol–water partition coefficient (Wildman–Crippen LogP) is 3.47. The maximum atomic E-state index is 9.76. The van der Waals surface area contributed by atoms with Gasteiger partial charge < -0.3 is 25.8 Å². The highest BCUT2D eigenvalue weighted by Gasteiger charge is 2.14. The van der Waals surface area contributed by atoms with Gasteiger partial charge in [-0.25, -0.2) is 4.98 Å². The molecule has 7 heteroatoms. The van der Waals surface area contributed by atoms with Crippen molar-refractivity contribution < 1.29 is 9.84 Å². The Kier molecular flexibility index (Phi) is 3.81. The SMILES string of the molecule is CN1C=COc2ccc(Nc3nc(N)ncc3-c3cccc(O)c3)cc21. The van der Waals surface area contributed by atoms with E-state index < -0.39 is 0 Å². The second-order valence-corrected chi connectivity index (χ2v) is 5.86. The normalized spacial score (nSPS) is 12.4. The van der Waals surface area contributed by atoms with E-state index in [0.717, 1.165) is 28.3 Å². The van der Waals surface area contributed by atoms with Crippen LogP contribution in [0.25, 0.3) is 11.1 Å². The van der Waals surface area contributed by atoms with Gasteiger partial charge in [-0.05, 0) is 35.9 Å². The zero-order valence-corrected chi connectivity index (χ0v) is 14.0. The zero-order valence-electron chi connectivity index (χ0n) is 14.0. The van der Waals surface area contributed by atoms with Crippen LogP contribution in [0.2, 0.25) is 0 Å². The molecule has 3 aromatic rings. The third kappa shape index (κ3) is 2.98. The Bertz CT molecular complexity index is 1000. The molecule has 1 aliphatic heterocycles.